The zero-order chi connectivity index (χ0) is 37.7. The van der Waals surface area contributed by atoms with Crippen molar-refractivity contribution in [2.45, 2.75) is 167 Å². The van der Waals surface area contributed by atoms with Gasteiger partial charge in [0, 0.05) is 27.6 Å². The van der Waals surface area contributed by atoms with E-state index < -0.39 is 0 Å². The van der Waals surface area contributed by atoms with Gasteiger partial charge in [-0.3, -0.25) is 0 Å². The van der Waals surface area contributed by atoms with Crippen molar-refractivity contribution in [2.24, 2.45) is 0 Å². The Kier molecular flexibility index (Phi) is 12.1. The lowest BCUT2D eigenvalue weighted by atomic mass is 9.78. The van der Waals surface area contributed by atoms with Crippen molar-refractivity contribution in [1.29, 1.82) is 0 Å². The lowest BCUT2D eigenvalue weighted by molar-refractivity contribution is 0.422. The van der Waals surface area contributed by atoms with Crippen LogP contribution >= 0.6 is 23.5 Å². The number of phenolic OH excluding ortho intramolecular Hbond substituents is 3. The number of hydrogen-bond acceptors (Lipinski definition) is 5. The van der Waals surface area contributed by atoms with Gasteiger partial charge in [0.15, 0.2) is 0 Å². The Balaban J connectivity index is 1.96. The van der Waals surface area contributed by atoms with E-state index in [4.69, 9.17) is 0 Å². The van der Waals surface area contributed by atoms with Crippen molar-refractivity contribution >= 4 is 23.5 Å². The van der Waals surface area contributed by atoms with Crippen LogP contribution in [0.4, 0.5) is 0 Å². The van der Waals surface area contributed by atoms with Crippen LogP contribution in [0, 0.1) is 0 Å². The number of aromatic hydroxyl groups is 3. The van der Waals surface area contributed by atoms with Gasteiger partial charge < -0.3 is 15.3 Å². The summed E-state index contributed by atoms with van der Waals surface area (Å²) in [6.45, 7) is 36.9. The van der Waals surface area contributed by atoms with Crippen LogP contribution in [0.1, 0.15) is 178 Å². The first-order valence-corrected chi connectivity index (χ1v) is 20.0. The molecule has 0 amide bonds. The zero-order valence-corrected chi connectivity index (χ0v) is 35.3. The summed E-state index contributed by atoms with van der Waals surface area (Å²) in [6.07, 6.45) is 0. The average molecular weight is 707 g/mol. The van der Waals surface area contributed by atoms with Gasteiger partial charge in [-0.05, 0) is 85.4 Å². The van der Waals surface area contributed by atoms with E-state index in [-0.39, 0.29) is 37.6 Å². The third-order valence-electron chi connectivity index (χ3n) is 9.48. The molecule has 3 aromatic carbocycles. The molecular weight excluding hydrogens is 641 g/mol. The number of benzene rings is 3. The molecule has 0 radical (unpaired) electrons. The van der Waals surface area contributed by atoms with Gasteiger partial charge in [-0.25, -0.2) is 0 Å². The van der Waals surface area contributed by atoms with Gasteiger partial charge in [0.2, 0.25) is 0 Å². The SMILES string of the molecule is CC(SCc1cc(CSC(C)c2cc(C(C)(C)C)c(O)c(C(C)(C)C)c2)c(O)c(C(C)(C)C)c1)c1cc(C(C)(C)C)c(O)c(C(C)(C)C)c1. The second-order valence-corrected chi connectivity index (χ2v) is 21.9. The van der Waals surface area contributed by atoms with Gasteiger partial charge >= 0.3 is 0 Å². The predicted molar refractivity (Wildman–Crippen MR) is 217 cm³/mol. The Morgan fingerprint density at radius 1 is 0.429 bits per heavy atom. The van der Waals surface area contributed by atoms with Gasteiger partial charge in [0.25, 0.3) is 0 Å². The molecule has 3 rings (SSSR count). The molecule has 0 fully saturated rings. The minimum atomic E-state index is -0.207. The molecular formula is C44H66O3S2. The van der Waals surface area contributed by atoms with Crippen LogP contribution < -0.4 is 0 Å². The largest absolute Gasteiger partial charge is 0.507 e. The van der Waals surface area contributed by atoms with E-state index in [0.29, 0.717) is 23.0 Å². The highest BCUT2D eigenvalue weighted by molar-refractivity contribution is 7.99. The molecule has 0 aliphatic carbocycles. The lowest BCUT2D eigenvalue weighted by Gasteiger charge is -2.29. The molecule has 0 bridgehead atoms. The molecule has 2 atom stereocenters. The minimum absolute atomic E-state index is 0.168. The first-order valence-electron chi connectivity index (χ1n) is 17.9. The molecule has 3 aromatic rings. The van der Waals surface area contributed by atoms with Gasteiger partial charge in [-0.2, -0.15) is 0 Å². The highest BCUT2D eigenvalue weighted by Gasteiger charge is 2.30. The fraction of sp³-hybridized carbons (Fsp3) is 0.591. The molecule has 0 saturated carbocycles. The van der Waals surface area contributed by atoms with Crippen molar-refractivity contribution in [3.05, 3.63) is 86.5 Å². The van der Waals surface area contributed by atoms with Crippen molar-refractivity contribution in [3.8, 4) is 17.2 Å². The van der Waals surface area contributed by atoms with E-state index in [1.54, 1.807) is 0 Å². The Morgan fingerprint density at radius 2 is 0.714 bits per heavy atom. The molecule has 3 N–H and O–H groups in total. The van der Waals surface area contributed by atoms with Gasteiger partial charge in [-0.1, -0.05) is 140 Å². The number of rotatable bonds is 8. The molecule has 3 nitrogen and oxygen atoms in total. The standard InChI is InChI=1S/C44H66O3S2/c1-26(29-20-33(41(6,7)8)38(46)34(21-29)42(9,10)11)48-24-28-18-31(37(45)32(19-28)40(3,4)5)25-49-27(2)30-22-35(43(12,13)14)39(47)36(23-30)44(15,16)17/h18-23,26-27,45-47H,24-25H2,1-17H3. The number of thioether (sulfide) groups is 2. The van der Waals surface area contributed by atoms with E-state index in [2.05, 4.69) is 154 Å². The van der Waals surface area contributed by atoms with Crippen molar-refractivity contribution in [1.82, 2.24) is 0 Å². The monoisotopic (exact) mass is 706 g/mol. The molecule has 0 heterocycles. The van der Waals surface area contributed by atoms with Crippen LogP contribution in [0.5, 0.6) is 17.2 Å². The van der Waals surface area contributed by atoms with Gasteiger partial charge in [-0.15, -0.1) is 23.5 Å². The minimum Gasteiger partial charge on any atom is -0.507 e. The first-order chi connectivity index (χ1) is 22.0. The Morgan fingerprint density at radius 3 is 1.02 bits per heavy atom. The summed E-state index contributed by atoms with van der Waals surface area (Å²) >= 11 is 3.73. The molecule has 49 heavy (non-hydrogen) atoms. The Hall–Kier alpha value is -2.24. The van der Waals surface area contributed by atoms with Crippen LogP contribution in [0.3, 0.4) is 0 Å². The number of phenols is 3. The van der Waals surface area contributed by atoms with Crippen LogP contribution in [0.2, 0.25) is 0 Å². The van der Waals surface area contributed by atoms with Crippen LogP contribution in [0.25, 0.3) is 0 Å². The van der Waals surface area contributed by atoms with Crippen LogP contribution in [-0.4, -0.2) is 15.3 Å². The van der Waals surface area contributed by atoms with Crippen molar-refractivity contribution in [3.63, 3.8) is 0 Å². The third-order valence-corrected chi connectivity index (χ3v) is 12.0. The zero-order valence-electron chi connectivity index (χ0n) is 33.7. The van der Waals surface area contributed by atoms with E-state index >= 15 is 0 Å². The van der Waals surface area contributed by atoms with Gasteiger partial charge in [0.1, 0.15) is 17.2 Å². The maximum Gasteiger partial charge on any atom is 0.123 e. The summed E-state index contributed by atoms with van der Waals surface area (Å²) < 4.78 is 0. The van der Waals surface area contributed by atoms with E-state index in [1.807, 2.05) is 23.5 Å². The third kappa shape index (κ3) is 9.97. The van der Waals surface area contributed by atoms with Crippen LogP contribution in [0.15, 0.2) is 36.4 Å². The first kappa shape index (κ1) is 41.2. The highest BCUT2D eigenvalue weighted by atomic mass is 32.2. The maximum absolute atomic E-state index is 11.6. The summed E-state index contributed by atoms with van der Waals surface area (Å²) in [5.74, 6) is 2.72. The second kappa shape index (κ2) is 14.4. The smallest absolute Gasteiger partial charge is 0.123 e. The highest BCUT2D eigenvalue weighted by Crippen LogP contribution is 2.46. The lowest BCUT2D eigenvalue weighted by Crippen LogP contribution is -2.18. The van der Waals surface area contributed by atoms with E-state index in [1.165, 1.54) is 16.7 Å². The maximum atomic E-state index is 11.6. The van der Waals surface area contributed by atoms with Crippen molar-refractivity contribution < 1.29 is 15.3 Å². The molecule has 5 heteroatoms. The van der Waals surface area contributed by atoms with Gasteiger partial charge in [0.05, 0.1) is 0 Å². The van der Waals surface area contributed by atoms with Crippen LogP contribution in [-0.2, 0) is 38.6 Å². The second-order valence-electron chi connectivity index (χ2n) is 19.2. The fourth-order valence-corrected chi connectivity index (χ4v) is 8.14. The normalized spacial score (nSPS) is 14.6. The molecule has 0 aliphatic heterocycles. The Labute approximate surface area is 308 Å². The average Bonchev–Trinajstić information content (AvgIpc) is 2.92. The topological polar surface area (TPSA) is 60.7 Å². The van der Waals surface area contributed by atoms with E-state index in [0.717, 1.165) is 39.1 Å². The summed E-state index contributed by atoms with van der Waals surface area (Å²) in [5, 5.41) is 34.5. The predicted octanol–water partition coefficient (Wildman–Crippen LogP) is 13.3. The number of hydrogen-bond donors (Lipinski definition) is 3. The fourth-order valence-electron chi connectivity index (χ4n) is 6.22. The molecule has 0 aromatic heterocycles. The summed E-state index contributed by atoms with van der Waals surface area (Å²) in [5.41, 5.74) is 8.61. The summed E-state index contributed by atoms with van der Waals surface area (Å²) in [6, 6.07) is 13.1. The molecule has 272 valence electrons. The molecule has 0 spiro atoms. The van der Waals surface area contributed by atoms with Crippen molar-refractivity contribution in [2.75, 3.05) is 0 Å². The Bertz CT molecular complexity index is 1560. The summed E-state index contributed by atoms with van der Waals surface area (Å²) in [4.78, 5) is 0. The molecule has 0 saturated heterocycles. The molecule has 2 unspecified atom stereocenters. The quantitative estimate of drug-likeness (QED) is 0.218. The summed E-state index contributed by atoms with van der Waals surface area (Å²) in [7, 11) is 0. The molecule has 0 aliphatic rings. The van der Waals surface area contributed by atoms with E-state index in [9.17, 15) is 15.3 Å².